The Morgan fingerprint density at radius 3 is 2.78 bits per heavy atom. The number of halogens is 3. The Labute approximate surface area is 239 Å². The second-order valence-electron chi connectivity index (χ2n) is 9.32. The Hall–Kier alpha value is -4.31. The predicted molar refractivity (Wildman–Crippen MR) is 150 cm³/mol. The Morgan fingerprint density at radius 2 is 2.00 bits per heavy atom. The van der Waals surface area contributed by atoms with E-state index in [1.165, 1.54) is 24.5 Å². The highest BCUT2D eigenvalue weighted by molar-refractivity contribution is 6.34. The van der Waals surface area contributed by atoms with Crippen LogP contribution in [0.5, 0.6) is 5.75 Å². The number of carbonyl (C=O) groups excluding carboxylic acids is 1. The molecule has 4 aromatic rings. The largest absolute Gasteiger partial charge is 0.476 e. The molecule has 212 valence electrons. The minimum Gasteiger partial charge on any atom is -0.476 e. The van der Waals surface area contributed by atoms with Gasteiger partial charge in [-0.15, -0.1) is 0 Å². The van der Waals surface area contributed by atoms with Gasteiger partial charge in [0.2, 0.25) is 5.82 Å². The number of piperazine rings is 1. The molecule has 1 aliphatic rings. The van der Waals surface area contributed by atoms with Gasteiger partial charge in [-0.3, -0.25) is 9.20 Å². The topological polar surface area (TPSA) is 120 Å². The van der Waals surface area contributed by atoms with Gasteiger partial charge in [0.1, 0.15) is 6.07 Å². The van der Waals surface area contributed by atoms with E-state index in [1.807, 2.05) is 0 Å². The summed E-state index contributed by atoms with van der Waals surface area (Å²) in [5.41, 5.74) is 1.52. The quantitative estimate of drug-likeness (QED) is 0.241. The highest BCUT2D eigenvalue weighted by Gasteiger charge is 2.20. The summed E-state index contributed by atoms with van der Waals surface area (Å²) in [6, 6.07) is 9.27. The molecule has 5 rings (SSSR count). The van der Waals surface area contributed by atoms with Gasteiger partial charge < -0.3 is 25.6 Å². The molecule has 10 nitrogen and oxygen atoms in total. The molecular weight excluding hydrogens is 554 g/mol. The summed E-state index contributed by atoms with van der Waals surface area (Å²) in [7, 11) is 0. The molecule has 0 spiro atoms. The van der Waals surface area contributed by atoms with Gasteiger partial charge in [0.25, 0.3) is 5.91 Å². The number of nitriles is 1. The molecule has 1 aliphatic heterocycles. The van der Waals surface area contributed by atoms with Crippen molar-refractivity contribution in [3.8, 4) is 23.1 Å². The van der Waals surface area contributed by atoms with Crippen LogP contribution in [0.25, 0.3) is 16.9 Å². The van der Waals surface area contributed by atoms with Gasteiger partial charge in [0.05, 0.1) is 22.5 Å². The number of hydrogen-bond donors (Lipinski definition) is 3. The van der Waals surface area contributed by atoms with Crippen LogP contribution in [-0.2, 0) is 0 Å². The third-order valence-electron chi connectivity index (χ3n) is 6.67. The van der Waals surface area contributed by atoms with E-state index in [0.29, 0.717) is 29.3 Å². The van der Waals surface area contributed by atoms with Gasteiger partial charge in [-0.05, 0) is 43.3 Å². The Balaban J connectivity index is 1.27. The lowest BCUT2D eigenvalue weighted by Gasteiger charge is -2.27. The minimum atomic E-state index is -1.20. The molecule has 13 heteroatoms. The van der Waals surface area contributed by atoms with E-state index in [0.717, 1.165) is 39.1 Å². The number of anilines is 2. The number of fused-ring (bicyclic) bond motifs is 1. The van der Waals surface area contributed by atoms with Gasteiger partial charge in [-0.2, -0.15) is 9.65 Å². The van der Waals surface area contributed by atoms with Crippen molar-refractivity contribution in [2.45, 2.75) is 6.42 Å². The summed E-state index contributed by atoms with van der Waals surface area (Å²) in [5.74, 6) is -2.58. The monoisotopic (exact) mass is 580 g/mol. The average Bonchev–Trinajstić information content (AvgIpc) is 3.41. The molecule has 1 fully saturated rings. The van der Waals surface area contributed by atoms with Crippen molar-refractivity contribution in [2.75, 3.05) is 51.2 Å². The smallest absolute Gasteiger partial charge is 0.252 e. The Morgan fingerprint density at radius 1 is 1.17 bits per heavy atom. The van der Waals surface area contributed by atoms with Crippen LogP contribution in [0.3, 0.4) is 0 Å². The molecule has 0 saturated carbocycles. The third kappa shape index (κ3) is 6.38. The SMILES string of the molecule is N#CCOc1ccc(-c2cnc3c(Nc4ccc(C(=O)NCCCN5CCNCC5)c(Cl)c4)nccn23)c(F)c1F. The van der Waals surface area contributed by atoms with Crippen LogP contribution in [0.1, 0.15) is 16.8 Å². The number of imidazole rings is 1. The maximum Gasteiger partial charge on any atom is 0.252 e. The van der Waals surface area contributed by atoms with E-state index in [-0.39, 0.29) is 27.9 Å². The molecule has 3 N–H and O–H groups in total. The van der Waals surface area contributed by atoms with Gasteiger partial charge >= 0.3 is 0 Å². The second kappa shape index (κ2) is 12.9. The van der Waals surface area contributed by atoms with Crippen molar-refractivity contribution in [1.82, 2.24) is 29.9 Å². The van der Waals surface area contributed by atoms with Gasteiger partial charge in [-0.1, -0.05) is 11.6 Å². The lowest BCUT2D eigenvalue weighted by atomic mass is 10.1. The summed E-state index contributed by atoms with van der Waals surface area (Å²) < 4.78 is 35.9. The number of nitrogens with zero attached hydrogens (tertiary/aromatic N) is 5. The number of ether oxygens (including phenoxy) is 1. The van der Waals surface area contributed by atoms with Crippen LogP contribution >= 0.6 is 11.6 Å². The van der Waals surface area contributed by atoms with Crippen molar-refractivity contribution in [3.63, 3.8) is 0 Å². The maximum absolute atomic E-state index is 14.9. The molecule has 2 aromatic heterocycles. The predicted octanol–water partition coefficient (Wildman–Crippen LogP) is 4.00. The maximum atomic E-state index is 14.9. The number of rotatable bonds is 10. The van der Waals surface area contributed by atoms with Crippen molar-refractivity contribution >= 4 is 34.7 Å². The molecule has 3 heterocycles. The van der Waals surface area contributed by atoms with Crippen LogP contribution in [0.2, 0.25) is 5.02 Å². The molecule has 0 unspecified atom stereocenters. The Bertz CT molecular complexity index is 1600. The molecule has 0 bridgehead atoms. The fourth-order valence-corrected chi connectivity index (χ4v) is 4.87. The van der Waals surface area contributed by atoms with E-state index >= 15 is 0 Å². The fraction of sp³-hybridized carbons (Fsp3) is 0.286. The molecule has 0 aliphatic carbocycles. The van der Waals surface area contributed by atoms with Gasteiger partial charge in [-0.25, -0.2) is 14.4 Å². The van der Waals surface area contributed by atoms with E-state index in [9.17, 15) is 13.6 Å². The first kappa shape index (κ1) is 28.2. The number of hydrogen-bond acceptors (Lipinski definition) is 8. The molecule has 41 heavy (non-hydrogen) atoms. The Kier molecular flexibility index (Phi) is 8.88. The fourth-order valence-electron chi connectivity index (χ4n) is 4.61. The summed E-state index contributed by atoms with van der Waals surface area (Å²) in [6.45, 7) is 5.07. The van der Waals surface area contributed by atoms with E-state index < -0.39 is 18.2 Å². The summed E-state index contributed by atoms with van der Waals surface area (Å²) in [5, 5.41) is 18.3. The van der Waals surface area contributed by atoms with Crippen LogP contribution in [0.15, 0.2) is 48.9 Å². The molecule has 0 atom stereocenters. The highest BCUT2D eigenvalue weighted by Crippen LogP contribution is 2.32. The van der Waals surface area contributed by atoms with Gasteiger partial charge in [0.15, 0.2) is 29.6 Å². The first-order valence-corrected chi connectivity index (χ1v) is 13.4. The second-order valence-corrected chi connectivity index (χ2v) is 9.73. The van der Waals surface area contributed by atoms with Crippen molar-refractivity contribution in [1.29, 1.82) is 5.26 Å². The number of nitrogens with one attached hydrogen (secondary N) is 3. The third-order valence-corrected chi connectivity index (χ3v) is 6.98. The van der Waals surface area contributed by atoms with E-state index in [1.54, 1.807) is 34.9 Å². The number of aromatic nitrogens is 3. The standard InChI is InChI=1S/C28H27ClF2N8O2/c29-21-16-18(2-3-19(21)28(40)35-7-1-11-38-12-8-33-9-13-38)37-26-27-36-17-22(39(27)14-10-34-26)20-4-5-23(41-15-6-32)25(31)24(20)30/h2-5,10,14,16-17,33H,1,7-9,11-13,15H2,(H,34,37)(H,35,40). The summed E-state index contributed by atoms with van der Waals surface area (Å²) in [4.78, 5) is 23.7. The molecule has 2 aromatic carbocycles. The molecule has 0 radical (unpaired) electrons. The van der Waals surface area contributed by atoms with E-state index in [4.69, 9.17) is 21.6 Å². The molecular formula is C28H27ClF2N8O2. The highest BCUT2D eigenvalue weighted by atomic mass is 35.5. The number of benzene rings is 2. The lowest BCUT2D eigenvalue weighted by Crippen LogP contribution is -2.44. The normalized spacial score (nSPS) is 13.6. The van der Waals surface area contributed by atoms with E-state index in [2.05, 4.69) is 30.8 Å². The zero-order valence-corrected chi connectivity index (χ0v) is 22.7. The van der Waals surface area contributed by atoms with Crippen molar-refractivity contribution in [2.24, 2.45) is 0 Å². The lowest BCUT2D eigenvalue weighted by molar-refractivity contribution is 0.0951. The number of carbonyl (C=O) groups is 1. The van der Waals surface area contributed by atoms with Gasteiger partial charge in [0, 0.05) is 56.4 Å². The van der Waals surface area contributed by atoms with Crippen molar-refractivity contribution < 1.29 is 18.3 Å². The van der Waals surface area contributed by atoms with Crippen LogP contribution < -0.4 is 20.7 Å². The summed E-state index contributed by atoms with van der Waals surface area (Å²) >= 11 is 6.44. The van der Waals surface area contributed by atoms with Crippen LogP contribution in [-0.4, -0.2) is 71.1 Å². The van der Waals surface area contributed by atoms with Crippen LogP contribution in [0.4, 0.5) is 20.3 Å². The first-order chi connectivity index (χ1) is 20.0. The molecule has 1 amide bonds. The number of amides is 1. The van der Waals surface area contributed by atoms with Crippen molar-refractivity contribution in [3.05, 3.63) is 71.1 Å². The summed E-state index contributed by atoms with van der Waals surface area (Å²) in [6.07, 6.45) is 5.31. The zero-order chi connectivity index (χ0) is 28.8. The molecule has 1 saturated heterocycles. The van der Waals surface area contributed by atoms with Crippen LogP contribution in [0, 0.1) is 23.0 Å². The zero-order valence-electron chi connectivity index (χ0n) is 22.0. The first-order valence-electron chi connectivity index (χ1n) is 13.0. The minimum absolute atomic E-state index is 0.0391. The average molecular weight is 581 g/mol.